The van der Waals surface area contributed by atoms with Crippen molar-refractivity contribution in [3.05, 3.63) is 34.3 Å². The second-order valence-corrected chi connectivity index (χ2v) is 4.65. The van der Waals surface area contributed by atoms with Crippen LogP contribution in [0.25, 0.3) is 0 Å². The number of nitrogens with zero attached hydrogens (tertiary/aromatic N) is 1. The first-order valence-corrected chi connectivity index (χ1v) is 6.50. The number of rotatable bonds is 5. The van der Waals surface area contributed by atoms with Crippen LogP contribution in [0.15, 0.2) is 18.2 Å². The number of hydrogen-bond donors (Lipinski definition) is 0. The number of carbonyl (C=O) groups excluding carboxylic acids is 2. The van der Waals surface area contributed by atoms with Crippen LogP contribution in [-0.2, 0) is 9.53 Å². The predicted molar refractivity (Wildman–Crippen MR) is 74.4 cm³/mol. The summed E-state index contributed by atoms with van der Waals surface area (Å²) >= 11 is 5.99. The molecule has 1 aromatic carbocycles. The quantitative estimate of drug-likeness (QED) is 0.781. The van der Waals surface area contributed by atoms with E-state index >= 15 is 0 Å². The van der Waals surface area contributed by atoms with Crippen LogP contribution in [0.3, 0.4) is 0 Å². The molecule has 1 amide bonds. The Labute approximate surface area is 118 Å². The van der Waals surface area contributed by atoms with E-state index < -0.39 is 0 Å². The molecule has 0 aromatic heterocycles. The van der Waals surface area contributed by atoms with Gasteiger partial charge in [-0.2, -0.15) is 0 Å². The van der Waals surface area contributed by atoms with E-state index in [1.54, 1.807) is 32.2 Å². The minimum absolute atomic E-state index is 0.161. The molecule has 0 aliphatic carbocycles. The van der Waals surface area contributed by atoms with Gasteiger partial charge in [-0.05, 0) is 31.5 Å². The number of aryl methyl sites for hydroxylation is 1. The fourth-order valence-corrected chi connectivity index (χ4v) is 1.72. The molecule has 104 valence electrons. The molecule has 0 atom stereocenters. The molecule has 0 unspecified atom stereocenters. The number of hydrogen-bond acceptors (Lipinski definition) is 3. The smallest absolute Gasteiger partial charge is 0.307 e. The first-order chi connectivity index (χ1) is 8.95. The number of halogens is 1. The largest absolute Gasteiger partial charge is 0.466 e. The third-order valence-electron chi connectivity index (χ3n) is 2.72. The van der Waals surface area contributed by atoms with Gasteiger partial charge < -0.3 is 9.64 Å². The number of amides is 1. The van der Waals surface area contributed by atoms with E-state index in [1.165, 1.54) is 4.90 Å². The van der Waals surface area contributed by atoms with Gasteiger partial charge in [0, 0.05) is 24.2 Å². The lowest BCUT2D eigenvalue weighted by molar-refractivity contribution is -0.143. The Bertz CT molecular complexity index is 474. The lowest BCUT2D eigenvalue weighted by Crippen LogP contribution is -2.29. The first-order valence-electron chi connectivity index (χ1n) is 6.13. The van der Waals surface area contributed by atoms with Gasteiger partial charge in [-0.3, -0.25) is 9.59 Å². The van der Waals surface area contributed by atoms with Crippen molar-refractivity contribution in [1.82, 2.24) is 4.90 Å². The maximum atomic E-state index is 12.1. The molecule has 0 spiro atoms. The topological polar surface area (TPSA) is 46.6 Å². The van der Waals surface area contributed by atoms with Crippen molar-refractivity contribution in [2.75, 3.05) is 20.2 Å². The zero-order valence-electron chi connectivity index (χ0n) is 11.4. The van der Waals surface area contributed by atoms with Crippen molar-refractivity contribution >= 4 is 23.5 Å². The zero-order chi connectivity index (χ0) is 14.4. The highest BCUT2D eigenvalue weighted by molar-refractivity contribution is 6.31. The van der Waals surface area contributed by atoms with Crippen molar-refractivity contribution in [2.45, 2.75) is 20.3 Å². The Morgan fingerprint density at radius 2 is 2.05 bits per heavy atom. The van der Waals surface area contributed by atoms with E-state index in [2.05, 4.69) is 0 Å². The van der Waals surface area contributed by atoms with Gasteiger partial charge in [0.1, 0.15) is 0 Å². The van der Waals surface area contributed by atoms with Gasteiger partial charge in [-0.15, -0.1) is 0 Å². The Hall–Kier alpha value is -1.55. The summed E-state index contributed by atoms with van der Waals surface area (Å²) < 4.78 is 4.81. The third-order valence-corrected chi connectivity index (χ3v) is 3.13. The third kappa shape index (κ3) is 4.56. The van der Waals surface area contributed by atoms with E-state index in [-0.39, 0.29) is 18.3 Å². The van der Waals surface area contributed by atoms with Gasteiger partial charge >= 0.3 is 5.97 Å². The zero-order valence-corrected chi connectivity index (χ0v) is 12.2. The molecule has 1 aromatic rings. The van der Waals surface area contributed by atoms with Gasteiger partial charge in [0.05, 0.1) is 13.0 Å². The van der Waals surface area contributed by atoms with Crippen molar-refractivity contribution in [1.29, 1.82) is 0 Å². The average molecular weight is 284 g/mol. The van der Waals surface area contributed by atoms with Crippen molar-refractivity contribution in [3.8, 4) is 0 Å². The van der Waals surface area contributed by atoms with Crippen LogP contribution in [0.5, 0.6) is 0 Å². The van der Waals surface area contributed by atoms with Gasteiger partial charge in [-0.1, -0.05) is 17.7 Å². The highest BCUT2D eigenvalue weighted by Gasteiger charge is 2.14. The number of carbonyl (C=O) groups is 2. The summed E-state index contributed by atoms with van der Waals surface area (Å²) in [7, 11) is 1.65. The second-order valence-electron chi connectivity index (χ2n) is 4.25. The van der Waals surface area contributed by atoms with E-state index in [0.717, 1.165) is 5.56 Å². The molecule has 0 radical (unpaired) electrons. The molecule has 0 saturated carbocycles. The van der Waals surface area contributed by atoms with E-state index in [9.17, 15) is 9.59 Å². The second kappa shape index (κ2) is 7.14. The summed E-state index contributed by atoms with van der Waals surface area (Å²) in [6, 6.07) is 5.17. The molecule has 0 bridgehead atoms. The maximum absolute atomic E-state index is 12.1. The van der Waals surface area contributed by atoms with Gasteiger partial charge in [-0.25, -0.2) is 0 Å². The van der Waals surface area contributed by atoms with Crippen LogP contribution in [0.4, 0.5) is 0 Å². The Morgan fingerprint density at radius 3 is 2.63 bits per heavy atom. The van der Waals surface area contributed by atoms with Crippen LogP contribution in [-0.4, -0.2) is 37.0 Å². The normalized spacial score (nSPS) is 10.1. The van der Waals surface area contributed by atoms with Gasteiger partial charge in [0.25, 0.3) is 5.91 Å². The highest BCUT2D eigenvalue weighted by atomic mass is 35.5. The fraction of sp³-hybridized carbons (Fsp3) is 0.429. The lowest BCUT2D eigenvalue weighted by Gasteiger charge is -2.17. The number of ether oxygens (including phenoxy) is 1. The van der Waals surface area contributed by atoms with E-state index in [0.29, 0.717) is 23.7 Å². The Balaban J connectivity index is 2.61. The number of esters is 1. The van der Waals surface area contributed by atoms with Gasteiger partial charge in [0.2, 0.25) is 0 Å². The summed E-state index contributed by atoms with van der Waals surface area (Å²) in [5.41, 5.74) is 1.44. The molecule has 0 aliphatic heterocycles. The van der Waals surface area contributed by atoms with Crippen LogP contribution in [0.1, 0.15) is 29.3 Å². The molecule has 4 nitrogen and oxygen atoms in total. The molecule has 5 heteroatoms. The fourth-order valence-electron chi connectivity index (χ4n) is 1.54. The van der Waals surface area contributed by atoms with Crippen LogP contribution < -0.4 is 0 Å². The van der Waals surface area contributed by atoms with Crippen LogP contribution in [0.2, 0.25) is 5.02 Å². The van der Waals surface area contributed by atoms with E-state index in [1.807, 2.05) is 6.92 Å². The van der Waals surface area contributed by atoms with Crippen molar-refractivity contribution < 1.29 is 14.3 Å². The van der Waals surface area contributed by atoms with Crippen LogP contribution >= 0.6 is 11.6 Å². The highest BCUT2D eigenvalue weighted by Crippen LogP contribution is 2.17. The minimum Gasteiger partial charge on any atom is -0.466 e. The van der Waals surface area contributed by atoms with Crippen molar-refractivity contribution in [2.24, 2.45) is 0 Å². The Kier molecular flexibility index (Phi) is 5.83. The van der Waals surface area contributed by atoms with Crippen molar-refractivity contribution in [3.63, 3.8) is 0 Å². The summed E-state index contributed by atoms with van der Waals surface area (Å²) in [4.78, 5) is 24.8. The first kappa shape index (κ1) is 15.5. The molecule has 0 N–H and O–H groups in total. The summed E-state index contributed by atoms with van der Waals surface area (Å²) in [6.45, 7) is 4.30. The molecule has 0 heterocycles. The standard InChI is InChI=1S/C14H18ClNO3/c1-4-19-13(17)7-8-16(3)14(18)11-6-5-10(2)12(15)9-11/h5-6,9H,4,7-8H2,1-3H3. The minimum atomic E-state index is -0.302. The molecule has 0 aliphatic rings. The van der Waals surface area contributed by atoms with Gasteiger partial charge in [0.15, 0.2) is 0 Å². The summed E-state index contributed by atoms with van der Waals surface area (Å²) in [5.74, 6) is -0.463. The SMILES string of the molecule is CCOC(=O)CCN(C)C(=O)c1ccc(C)c(Cl)c1. The molecular weight excluding hydrogens is 266 g/mol. The molecular formula is C14H18ClNO3. The maximum Gasteiger partial charge on any atom is 0.307 e. The number of benzene rings is 1. The summed E-state index contributed by atoms with van der Waals surface area (Å²) in [5, 5.41) is 0.560. The molecule has 19 heavy (non-hydrogen) atoms. The predicted octanol–water partition coefficient (Wildman–Crippen LogP) is 2.67. The monoisotopic (exact) mass is 283 g/mol. The summed E-state index contributed by atoms with van der Waals surface area (Å²) in [6.07, 6.45) is 0.190. The van der Waals surface area contributed by atoms with E-state index in [4.69, 9.17) is 16.3 Å². The lowest BCUT2D eigenvalue weighted by atomic mass is 10.1. The average Bonchev–Trinajstić information content (AvgIpc) is 2.38. The molecule has 0 saturated heterocycles. The molecule has 1 rings (SSSR count). The molecule has 0 fully saturated rings. The van der Waals surface area contributed by atoms with Crippen LogP contribution in [0, 0.1) is 6.92 Å². The Morgan fingerprint density at radius 1 is 1.37 bits per heavy atom.